The fourth-order valence-electron chi connectivity index (χ4n) is 6.16. The maximum Gasteiger partial charge on any atom is 0.296 e. The van der Waals surface area contributed by atoms with Crippen LogP contribution in [0.25, 0.3) is 0 Å². The molecule has 0 unspecified atom stereocenters. The first-order chi connectivity index (χ1) is 15.4. The molecule has 0 spiro atoms. The minimum Gasteiger partial charge on any atom is -0.266 e. The van der Waals surface area contributed by atoms with Gasteiger partial charge >= 0.3 is 0 Å². The summed E-state index contributed by atoms with van der Waals surface area (Å²) in [5.41, 5.74) is 1.09. The summed E-state index contributed by atoms with van der Waals surface area (Å²) in [6.07, 6.45) is 18.0. The number of hydrogen-bond acceptors (Lipinski definition) is 3. The molecular formula is C28H46O3S. The van der Waals surface area contributed by atoms with E-state index in [0.29, 0.717) is 6.61 Å². The van der Waals surface area contributed by atoms with E-state index in [9.17, 15) is 8.42 Å². The molecule has 0 radical (unpaired) electrons. The molecule has 0 saturated heterocycles. The summed E-state index contributed by atoms with van der Waals surface area (Å²) in [6.45, 7) is 6.83. The normalized spacial score (nSPS) is 29.2. The summed E-state index contributed by atoms with van der Waals surface area (Å²) in [5.74, 6) is 2.71. The molecule has 2 aliphatic rings. The molecule has 0 N–H and O–H groups in total. The third-order valence-electron chi connectivity index (χ3n) is 8.51. The van der Waals surface area contributed by atoms with Gasteiger partial charge in [-0.3, -0.25) is 4.18 Å². The van der Waals surface area contributed by atoms with Crippen LogP contribution in [0.5, 0.6) is 0 Å². The molecular weight excluding hydrogens is 416 g/mol. The van der Waals surface area contributed by atoms with Crippen molar-refractivity contribution in [1.29, 1.82) is 0 Å². The maximum absolute atomic E-state index is 12.8. The van der Waals surface area contributed by atoms with E-state index < -0.39 is 10.1 Å². The lowest BCUT2D eigenvalue weighted by Crippen LogP contribution is -2.36. The van der Waals surface area contributed by atoms with Gasteiger partial charge in [-0.15, -0.1) is 0 Å². The van der Waals surface area contributed by atoms with Crippen molar-refractivity contribution in [2.24, 2.45) is 23.2 Å². The van der Waals surface area contributed by atoms with Crippen LogP contribution in [0.4, 0.5) is 0 Å². The van der Waals surface area contributed by atoms with Crippen molar-refractivity contribution in [2.45, 2.75) is 116 Å². The average Bonchev–Trinajstić information content (AvgIpc) is 2.81. The fourth-order valence-corrected chi connectivity index (χ4v) is 7.17. The van der Waals surface area contributed by atoms with Crippen LogP contribution in [0, 0.1) is 30.1 Å². The highest BCUT2D eigenvalue weighted by atomic mass is 32.2. The van der Waals surface area contributed by atoms with Gasteiger partial charge in [-0.1, -0.05) is 76.5 Å². The Labute approximate surface area is 197 Å². The molecule has 32 heavy (non-hydrogen) atoms. The molecule has 3 nitrogen and oxygen atoms in total. The van der Waals surface area contributed by atoms with Crippen molar-refractivity contribution in [3.63, 3.8) is 0 Å². The van der Waals surface area contributed by atoms with Crippen molar-refractivity contribution in [3.8, 4) is 0 Å². The quantitative estimate of drug-likeness (QED) is 0.312. The molecule has 0 atom stereocenters. The van der Waals surface area contributed by atoms with Crippen LogP contribution in [0.3, 0.4) is 0 Å². The van der Waals surface area contributed by atoms with E-state index in [0.717, 1.165) is 55.4 Å². The Morgan fingerprint density at radius 1 is 0.875 bits per heavy atom. The number of aryl methyl sites for hydroxylation is 1. The zero-order valence-corrected chi connectivity index (χ0v) is 21.6. The summed E-state index contributed by atoms with van der Waals surface area (Å²) < 4.78 is 31.3. The SMILES string of the molecule is CCCCC1CCC(C2CCC(CCCC)(COS(=O)(=O)c3ccc(C)cc3)CC2)CC1. The van der Waals surface area contributed by atoms with Crippen molar-refractivity contribution in [2.75, 3.05) is 6.61 Å². The van der Waals surface area contributed by atoms with Gasteiger partial charge in [0, 0.05) is 0 Å². The van der Waals surface area contributed by atoms with Crippen LogP contribution in [0.1, 0.15) is 109 Å². The lowest BCUT2D eigenvalue weighted by molar-refractivity contribution is 0.0446. The van der Waals surface area contributed by atoms with Crippen LogP contribution < -0.4 is 0 Å². The summed E-state index contributed by atoms with van der Waals surface area (Å²) in [6, 6.07) is 7.00. The highest BCUT2D eigenvalue weighted by Crippen LogP contribution is 2.48. The van der Waals surface area contributed by atoms with Crippen molar-refractivity contribution >= 4 is 10.1 Å². The minimum atomic E-state index is -3.69. The molecule has 0 amide bonds. The van der Waals surface area contributed by atoms with Crippen molar-refractivity contribution in [3.05, 3.63) is 29.8 Å². The number of hydrogen-bond donors (Lipinski definition) is 0. The van der Waals surface area contributed by atoms with E-state index in [4.69, 9.17) is 4.18 Å². The Hall–Kier alpha value is -0.870. The zero-order valence-electron chi connectivity index (χ0n) is 20.8. The molecule has 0 bridgehead atoms. The first-order valence-corrected chi connectivity index (χ1v) is 14.7. The Balaban J connectivity index is 1.55. The topological polar surface area (TPSA) is 43.4 Å². The third-order valence-corrected chi connectivity index (χ3v) is 9.78. The van der Waals surface area contributed by atoms with Gasteiger partial charge in [-0.25, -0.2) is 0 Å². The first kappa shape index (κ1) is 25.7. The van der Waals surface area contributed by atoms with Crippen LogP contribution in [-0.4, -0.2) is 15.0 Å². The molecule has 2 fully saturated rings. The fraction of sp³-hybridized carbons (Fsp3) is 0.786. The monoisotopic (exact) mass is 462 g/mol. The molecule has 1 aromatic carbocycles. The first-order valence-electron chi connectivity index (χ1n) is 13.3. The molecule has 0 aliphatic heterocycles. The summed E-state index contributed by atoms with van der Waals surface area (Å²) >= 11 is 0. The molecule has 2 aliphatic carbocycles. The van der Waals surface area contributed by atoms with Gasteiger partial charge in [0.2, 0.25) is 0 Å². The Morgan fingerprint density at radius 2 is 1.47 bits per heavy atom. The molecule has 1 aromatic rings. The summed E-state index contributed by atoms with van der Waals surface area (Å²) in [5, 5.41) is 0. The van der Waals surface area contributed by atoms with Crippen molar-refractivity contribution in [1.82, 2.24) is 0 Å². The van der Waals surface area contributed by atoms with E-state index in [1.54, 1.807) is 12.1 Å². The predicted molar refractivity (Wildman–Crippen MR) is 133 cm³/mol. The van der Waals surface area contributed by atoms with Gasteiger partial charge in [-0.2, -0.15) is 8.42 Å². The van der Waals surface area contributed by atoms with Gasteiger partial charge in [-0.05, 0) is 87.2 Å². The van der Waals surface area contributed by atoms with E-state index in [-0.39, 0.29) is 10.3 Å². The second-order valence-electron chi connectivity index (χ2n) is 10.9. The van der Waals surface area contributed by atoms with E-state index >= 15 is 0 Å². The van der Waals surface area contributed by atoms with Gasteiger partial charge in [0.05, 0.1) is 11.5 Å². The lowest BCUT2D eigenvalue weighted by atomic mass is 9.63. The summed E-state index contributed by atoms with van der Waals surface area (Å²) in [4.78, 5) is 0.280. The number of benzene rings is 1. The van der Waals surface area contributed by atoms with E-state index in [1.807, 2.05) is 19.1 Å². The maximum atomic E-state index is 12.8. The van der Waals surface area contributed by atoms with Crippen LogP contribution in [0.15, 0.2) is 29.2 Å². The highest BCUT2D eigenvalue weighted by molar-refractivity contribution is 7.86. The van der Waals surface area contributed by atoms with Crippen LogP contribution in [-0.2, 0) is 14.3 Å². The van der Waals surface area contributed by atoms with Gasteiger partial charge in [0.1, 0.15) is 0 Å². The molecule has 0 aromatic heterocycles. The van der Waals surface area contributed by atoms with E-state index in [1.165, 1.54) is 57.8 Å². The predicted octanol–water partition coefficient (Wildman–Crippen LogP) is 8.06. The average molecular weight is 463 g/mol. The third kappa shape index (κ3) is 7.06. The lowest BCUT2D eigenvalue weighted by Gasteiger charge is -2.43. The summed E-state index contributed by atoms with van der Waals surface area (Å²) in [7, 11) is -3.69. The molecule has 182 valence electrons. The number of rotatable bonds is 11. The molecule has 4 heteroatoms. The molecule has 3 rings (SSSR count). The largest absolute Gasteiger partial charge is 0.296 e. The van der Waals surface area contributed by atoms with Gasteiger partial charge in [0.25, 0.3) is 10.1 Å². The Bertz CT molecular complexity index is 767. The van der Waals surface area contributed by atoms with Crippen LogP contribution >= 0.6 is 0 Å². The van der Waals surface area contributed by atoms with E-state index in [2.05, 4.69) is 13.8 Å². The molecule has 2 saturated carbocycles. The van der Waals surface area contributed by atoms with Gasteiger partial charge < -0.3 is 0 Å². The Kier molecular flexibility index (Phi) is 9.67. The smallest absolute Gasteiger partial charge is 0.266 e. The second kappa shape index (κ2) is 12.0. The zero-order chi connectivity index (χ0) is 23.0. The highest BCUT2D eigenvalue weighted by Gasteiger charge is 2.39. The number of unbranched alkanes of at least 4 members (excludes halogenated alkanes) is 2. The Morgan fingerprint density at radius 3 is 2.06 bits per heavy atom. The minimum absolute atomic E-state index is 0.0304. The standard InChI is InChI=1S/C28H46O3S/c1-4-6-8-24-11-13-25(14-12-24)26-17-20-28(21-18-26,19-7-5-2)22-31-32(29,30)27-15-9-23(3)10-16-27/h9-10,15-16,24-26H,4-8,11-14,17-22H2,1-3H3. The van der Waals surface area contributed by atoms with Crippen LogP contribution in [0.2, 0.25) is 0 Å². The van der Waals surface area contributed by atoms with Crippen molar-refractivity contribution < 1.29 is 12.6 Å². The second-order valence-corrected chi connectivity index (χ2v) is 12.5. The molecule has 0 heterocycles. The van der Waals surface area contributed by atoms with Gasteiger partial charge in [0.15, 0.2) is 0 Å².